The Morgan fingerprint density at radius 1 is 1.19 bits per heavy atom. The van der Waals surface area contributed by atoms with Gasteiger partial charge in [-0.3, -0.25) is 4.68 Å². The number of fused-ring (bicyclic) bond motifs is 1. The minimum Gasteiger partial charge on any atom is -0.311 e. The Balaban J connectivity index is 2.08. The first-order valence-corrected chi connectivity index (χ1v) is 7.91. The molecule has 1 aromatic heterocycles. The molecule has 3 heteroatoms. The van der Waals surface area contributed by atoms with E-state index in [4.69, 9.17) is 5.10 Å². The first-order chi connectivity index (χ1) is 10.1. The Hall–Kier alpha value is -1.61. The lowest BCUT2D eigenvalue weighted by molar-refractivity contribution is 0.323. The summed E-state index contributed by atoms with van der Waals surface area (Å²) in [6, 6.07) is 9.58. The van der Waals surface area contributed by atoms with Crippen LogP contribution in [0.25, 0.3) is 0 Å². The molecule has 1 aromatic carbocycles. The Bertz CT molecular complexity index is 642. The number of nitrogens with zero attached hydrogens (tertiary/aromatic N) is 2. The first kappa shape index (κ1) is 14.3. The second kappa shape index (κ2) is 5.64. The van der Waals surface area contributed by atoms with Crippen molar-refractivity contribution in [3.8, 4) is 0 Å². The highest BCUT2D eigenvalue weighted by atomic mass is 15.3. The quantitative estimate of drug-likeness (QED) is 0.853. The van der Waals surface area contributed by atoms with Crippen molar-refractivity contribution in [2.75, 3.05) is 7.05 Å². The van der Waals surface area contributed by atoms with Crippen molar-refractivity contribution in [2.24, 2.45) is 0 Å². The van der Waals surface area contributed by atoms with E-state index in [0.717, 1.165) is 5.69 Å². The number of aromatic nitrogens is 2. The van der Waals surface area contributed by atoms with Gasteiger partial charge in [-0.15, -0.1) is 0 Å². The van der Waals surface area contributed by atoms with Gasteiger partial charge >= 0.3 is 0 Å². The number of rotatable bonds is 2. The standard InChI is InChI=1S/C18H25N3/c1-12-13(2)20-21(14(12)3)17-11-7-9-15-8-5-6-10-16(15)18(17)19-4/h5-6,8,10,17-19H,7,9,11H2,1-4H3. The minimum absolute atomic E-state index is 0.334. The highest BCUT2D eigenvalue weighted by Gasteiger charge is 2.29. The second-order valence-corrected chi connectivity index (χ2v) is 6.17. The zero-order chi connectivity index (χ0) is 15.0. The largest absolute Gasteiger partial charge is 0.311 e. The van der Waals surface area contributed by atoms with Gasteiger partial charge in [0, 0.05) is 5.69 Å². The Morgan fingerprint density at radius 2 is 1.95 bits per heavy atom. The molecule has 0 bridgehead atoms. The third-order valence-electron chi connectivity index (χ3n) is 5.03. The van der Waals surface area contributed by atoms with Gasteiger partial charge in [0.15, 0.2) is 0 Å². The fraction of sp³-hybridized carbons (Fsp3) is 0.500. The topological polar surface area (TPSA) is 29.9 Å². The fourth-order valence-electron chi connectivity index (χ4n) is 3.62. The average Bonchev–Trinajstić information content (AvgIpc) is 2.68. The molecular weight excluding hydrogens is 258 g/mol. The molecule has 0 saturated carbocycles. The lowest BCUT2D eigenvalue weighted by Gasteiger charge is -2.28. The van der Waals surface area contributed by atoms with Gasteiger partial charge in [0.2, 0.25) is 0 Å². The molecule has 0 aliphatic heterocycles. The SMILES string of the molecule is CNC1c2ccccc2CCCC1n1nc(C)c(C)c1C. The van der Waals surface area contributed by atoms with Crippen molar-refractivity contribution in [1.29, 1.82) is 0 Å². The van der Waals surface area contributed by atoms with Crippen LogP contribution >= 0.6 is 0 Å². The van der Waals surface area contributed by atoms with Gasteiger partial charge in [0.25, 0.3) is 0 Å². The van der Waals surface area contributed by atoms with E-state index in [1.54, 1.807) is 0 Å². The monoisotopic (exact) mass is 283 g/mol. The van der Waals surface area contributed by atoms with Crippen molar-refractivity contribution in [1.82, 2.24) is 15.1 Å². The molecule has 0 amide bonds. The molecule has 112 valence electrons. The summed E-state index contributed by atoms with van der Waals surface area (Å²) >= 11 is 0. The zero-order valence-electron chi connectivity index (χ0n) is 13.5. The van der Waals surface area contributed by atoms with Crippen LogP contribution in [-0.4, -0.2) is 16.8 Å². The van der Waals surface area contributed by atoms with E-state index in [9.17, 15) is 0 Å². The summed E-state index contributed by atoms with van der Waals surface area (Å²) in [6.07, 6.45) is 3.56. The highest BCUT2D eigenvalue weighted by molar-refractivity contribution is 5.33. The Kier molecular flexibility index (Phi) is 3.85. The lowest BCUT2D eigenvalue weighted by atomic mass is 9.96. The molecule has 0 fully saturated rings. The van der Waals surface area contributed by atoms with Crippen LogP contribution in [0.15, 0.2) is 24.3 Å². The summed E-state index contributed by atoms with van der Waals surface area (Å²) in [5, 5.41) is 8.37. The first-order valence-electron chi connectivity index (χ1n) is 7.91. The molecule has 1 aliphatic rings. The van der Waals surface area contributed by atoms with Gasteiger partial charge in [-0.25, -0.2) is 0 Å². The molecule has 1 heterocycles. The molecule has 0 saturated heterocycles. The van der Waals surface area contributed by atoms with Crippen LogP contribution in [0.3, 0.4) is 0 Å². The van der Waals surface area contributed by atoms with E-state index in [1.165, 1.54) is 41.6 Å². The maximum Gasteiger partial charge on any atom is 0.0717 e. The van der Waals surface area contributed by atoms with Crippen LogP contribution in [0.5, 0.6) is 0 Å². The third kappa shape index (κ3) is 2.40. The van der Waals surface area contributed by atoms with Gasteiger partial charge in [-0.2, -0.15) is 5.10 Å². The summed E-state index contributed by atoms with van der Waals surface area (Å²) in [6.45, 7) is 6.48. The number of likely N-dealkylation sites (N-methyl/N-ethyl adjacent to an activating group) is 1. The van der Waals surface area contributed by atoms with E-state index in [-0.39, 0.29) is 0 Å². The molecule has 0 spiro atoms. The van der Waals surface area contributed by atoms with Gasteiger partial charge in [-0.1, -0.05) is 24.3 Å². The molecule has 2 unspecified atom stereocenters. The van der Waals surface area contributed by atoms with Crippen molar-refractivity contribution in [3.05, 3.63) is 52.3 Å². The molecule has 2 atom stereocenters. The van der Waals surface area contributed by atoms with Crippen molar-refractivity contribution in [2.45, 2.75) is 52.1 Å². The van der Waals surface area contributed by atoms with Crippen molar-refractivity contribution in [3.63, 3.8) is 0 Å². The van der Waals surface area contributed by atoms with Crippen LogP contribution in [-0.2, 0) is 6.42 Å². The number of hydrogen-bond donors (Lipinski definition) is 1. The second-order valence-electron chi connectivity index (χ2n) is 6.17. The van der Waals surface area contributed by atoms with Crippen LogP contribution in [0.4, 0.5) is 0 Å². The highest BCUT2D eigenvalue weighted by Crippen LogP contribution is 2.37. The van der Waals surface area contributed by atoms with Gasteiger partial charge in [0.05, 0.1) is 17.8 Å². The Labute approximate surface area is 127 Å². The summed E-state index contributed by atoms with van der Waals surface area (Å²) in [5.41, 5.74) is 6.70. The zero-order valence-corrected chi connectivity index (χ0v) is 13.5. The van der Waals surface area contributed by atoms with Gasteiger partial charge in [0.1, 0.15) is 0 Å². The summed E-state index contributed by atoms with van der Waals surface area (Å²) < 4.78 is 2.26. The van der Waals surface area contributed by atoms with Gasteiger partial charge in [-0.05, 0) is 63.8 Å². The van der Waals surface area contributed by atoms with Crippen LogP contribution in [0.2, 0.25) is 0 Å². The predicted molar refractivity (Wildman–Crippen MR) is 86.7 cm³/mol. The van der Waals surface area contributed by atoms with E-state index < -0.39 is 0 Å². The predicted octanol–water partition coefficient (Wildman–Crippen LogP) is 3.65. The molecule has 2 aromatic rings. The van der Waals surface area contributed by atoms with E-state index in [2.05, 4.69) is 62.1 Å². The molecule has 0 radical (unpaired) electrons. The van der Waals surface area contributed by atoms with Gasteiger partial charge < -0.3 is 5.32 Å². The third-order valence-corrected chi connectivity index (χ3v) is 5.03. The molecule has 1 N–H and O–H groups in total. The summed E-state index contributed by atoms with van der Waals surface area (Å²) in [4.78, 5) is 0. The van der Waals surface area contributed by atoms with Crippen LogP contribution < -0.4 is 5.32 Å². The van der Waals surface area contributed by atoms with E-state index in [1.807, 2.05) is 0 Å². The smallest absolute Gasteiger partial charge is 0.0717 e. The summed E-state index contributed by atoms with van der Waals surface area (Å²) in [5.74, 6) is 0. The van der Waals surface area contributed by atoms with Crippen molar-refractivity contribution >= 4 is 0 Å². The molecule has 3 rings (SSSR count). The molecular formula is C18H25N3. The van der Waals surface area contributed by atoms with Crippen molar-refractivity contribution < 1.29 is 0 Å². The lowest BCUT2D eigenvalue weighted by Crippen LogP contribution is -2.28. The maximum absolute atomic E-state index is 4.82. The number of nitrogens with one attached hydrogen (secondary N) is 1. The van der Waals surface area contributed by atoms with E-state index >= 15 is 0 Å². The number of benzene rings is 1. The molecule has 21 heavy (non-hydrogen) atoms. The normalized spacial score (nSPS) is 21.9. The molecule has 1 aliphatic carbocycles. The number of aryl methyl sites for hydroxylation is 2. The van der Waals surface area contributed by atoms with E-state index in [0.29, 0.717) is 12.1 Å². The minimum atomic E-state index is 0.334. The summed E-state index contributed by atoms with van der Waals surface area (Å²) in [7, 11) is 2.07. The number of hydrogen-bond acceptors (Lipinski definition) is 2. The maximum atomic E-state index is 4.82. The van der Waals surface area contributed by atoms with Crippen LogP contribution in [0, 0.1) is 20.8 Å². The molecule has 3 nitrogen and oxygen atoms in total. The fourth-order valence-corrected chi connectivity index (χ4v) is 3.62. The van der Waals surface area contributed by atoms with Crippen LogP contribution in [0.1, 0.15) is 53.0 Å². The average molecular weight is 283 g/mol. The Morgan fingerprint density at radius 3 is 2.62 bits per heavy atom.